The average Bonchev–Trinajstić information content (AvgIpc) is 3.55. The maximum Gasteiger partial charge on any atom is 0.338 e. The predicted octanol–water partition coefficient (Wildman–Crippen LogP) is 5.25. The molecule has 33 heavy (non-hydrogen) atoms. The Morgan fingerprint density at radius 1 is 1.21 bits per heavy atom. The normalized spacial score (nSPS) is 28.5. The van der Waals surface area contributed by atoms with E-state index < -0.39 is 28.9 Å². The quantitative estimate of drug-likeness (QED) is 0.459. The van der Waals surface area contributed by atoms with Gasteiger partial charge in [0, 0.05) is 23.1 Å². The molecular weight excluding hydrogens is 450 g/mol. The van der Waals surface area contributed by atoms with E-state index >= 15 is 0 Å². The van der Waals surface area contributed by atoms with Gasteiger partial charge in [0.2, 0.25) is 0 Å². The van der Waals surface area contributed by atoms with E-state index in [9.17, 15) is 23.8 Å². The molecule has 4 nitrogen and oxygen atoms in total. The van der Waals surface area contributed by atoms with Crippen LogP contribution in [0.2, 0.25) is 0 Å². The van der Waals surface area contributed by atoms with E-state index in [0.717, 1.165) is 0 Å². The summed E-state index contributed by atoms with van der Waals surface area (Å²) >= 11 is 6.65. The van der Waals surface area contributed by atoms with Crippen LogP contribution in [-0.4, -0.2) is 33.8 Å². The Morgan fingerprint density at radius 3 is 2.67 bits per heavy atom. The highest BCUT2D eigenvalue weighted by molar-refractivity contribution is 6.21. The van der Waals surface area contributed by atoms with Gasteiger partial charge in [-0.25, -0.2) is 13.6 Å². The number of carboxylic acid groups (broad SMARTS) is 1. The topological polar surface area (TPSA) is 66.8 Å². The summed E-state index contributed by atoms with van der Waals surface area (Å²) in [5, 5.41) is 19.9. The minimum Gasteiger partial charge on any atom is -0.487 e. The molecule has 5 atom stereocenters. The number of benzene rings is 2. The van der Waals surface area contributed by atoms with Crippen LogP contribution >= 0.6 is 11.6 Å². The van der Waals surface area contributed by atoms with Crippen molar-refractivity contribution < 1.29 is 28.5 Å². The summed E-state index contributed by atoms with van der Waals surface area (Å²) in [4.78, 5) is 11.3. The van der Waals surface area contributed by atoms with E-state index in [1.165, 1.54) is 12.1 Å². The van der Waals surface area contributed by atoms with E-state index in [1.54, 1.807) is 30.3 Å². The van der Waals surface area contributed by atoms with Crippen molar-refractivity contribution in [2.45, 2.75) is 55.1 Å². The Bertz CT molecular complexity index is 1110. The van der Waals surface area contributed by atoms with Crippen LogP contribution < -0.4 is 4.74 Å². The number of carbonyl (C=O) groups is 1. The molecule has 1 heterocycles. The number of rotatable bonds is 5. The van der Waals surface area contributed by atoms with Crippen LogP contribution in [0.15, 0.2) is 48.6 Å². The molecule has 174 valence electrons. The lowest BCUT2D eigenvalue weighted by Gasteiger charge is -2.23. The van der Waals surface area contributed by atoms with Gasteiger partial charge in [-0.2, -0.15) is 0 Å². The SMILES string of the molecule is O=C(O)c1ccc2c(c1F)O[C@H]1C[C@@H](Cl)[C@H](/C=C/C(O)C3(c4ccccc4F)CC3)[C@H]1CC2. The van der Waals surface area contributed by atoms with E-state index in [1.807, 2.05) is 6.08 Å². The van der Waals surface area contributed by atoms with Gasteiger partial charge >= 0.3 is 5.97 Å². The molecule has 2 aliphatic carbocycles. The van der Waals surface area contributed by atoms with Crippen LogP contribution in [0.25, 0.3) is 0 Å². The van der Waals surface area contributed by atoms with Crippen molar-refractivity contribution in [3.8, 4) is 5.75 Å². The van der Waals surface area contributed by atoms with Crippen LogP contribution in [0, 0.1) is 23.5 Å². The molecule has 7 heteroatoms. The number of alkyl halides is 1. The van der Waals surface area contributed by atoms with Crippen molar-refractivity contribution in [1.82, 2.24) is 0 Å². The molecule has 0 amide bonds. The third-order valence-corrected chi connectivity index (χ3v) is 8.02. The largest absolute Gasteiger partial charge is 0.487 e. The molecular formula is C26H25ClF2O4. The number of halogens is 3. The number of aryl methyl sites for hydroxylation is 1. The number of hydrogen-bond donors (Lipinski definition) is 2. The van der Waals surface area contributed by atoms with Crippen molar-refractivity contribution in [2.24, 2.45) is 11.8 Å². The summed E-state index contributed by atoms with van der Waals surface area (Å²) in [5.74, 6) is -2.58. The van der Waals surface area contributed by atoms with Gasteiger partial charge in [0.25, 0.3) is 0 Å². The first-order valence-corrected chi connectivity index (χ1v) is 11.7. The highest BCUT2D eigenvalue weighted by atomic mass is 35.5. The Balaban J connectivity index is 1.36. The number of hydrogen-bond acceptors (Lipinski definition) is 3. The highest BCUT2D eigenvalue weighted by Crippen LogP contribution is 2.52. The Labute approximate surface area is 195 Å². The minimum atomic E-state index is -1.33. The summed E-state index contributed by atoms with van der Waals surface area (Å²) in [6.07, 6.45) is 5.62. The van der Waals surface area contributed by atoms with Gasteiger partial charge < -0.3 is 14.9 Å². The molecule has 1 unspecified atom stereocenters. The number of aliphatic hydroxyl groups excluding tert-OH is 1. The molecule has 2 saturated carbocycles. The summed E-state index contributed by atoms with van der Waals surface area (Å²) in [7, 11) is 0. The van der Waals surface area contributed by atoms with Gasteiger partial charge in [0.15, 0.2) is 11.6 Å². The zero-order chi connectivity index (χ0) is 23.3. The summed E-state index contributed by atoms with van der Waals surface area (Å²) in [6.45, 7) is 0. The fourth-order valence-corrected chi connectivity index (χ4v) is 5.99. The van der Waals surface area contributed by atoms with E-state index in [0.29, 0.717) is 43.2 Å². The predicted molar refractivity (Wildman–Crippen MR) is 120 cm³/mol. The van der Waals surface area contributed by atoms with Gasteiger partial charge in [-0.05, 0) is 54.9 Å². The molecule has 0 aromatic heterocycles. The molecule has 2 aromatic rings. The first-order valence-electron chi connectivity index (χ1n) is 11.3. The van der Waals surface area contributed by atoms with Crippen LogP contribution in [0.5, 0.6) is 5.75 Å². The number of aromatic carboxylic acids is 1. The summed E-state index contributed by atoms with van der Waals surface area (Å²) < 4.78 is 35.2. The lowest BCUT2D eigenvalue weighted by atomic mass is 9.86. The van der Waals surface area contributed by atoms with Gasteiger partial charge in [0.1, 0.15) is 11.9 Å². The average molecular weight is 475 g/mol. The molecule has 0 bridgehead atoms. The number of allylic oxidation sites excluding steroid dienone is 1. The zero-order valence-electron chi connectivity index (χ0n) is 17.9. The zero-order valence-corrected chi connectivity index (χ0v) is 18.6. The maximum absolute atomic E-state index is 14.8. The number of ether oxygens (including phenoxy) is 1. The fraction of sp³-hybridized carbons (Fsp3) is 0.423. The molecule has 2 fully saturated rings. The fourth-order valence-electron chi connectivity index (χ4n) is 5.55. The van der Waals surface area contributed by atoms with Crippen molar-refractivity contribution in [1.29, 1.82) is 0 Å². The number of carboxylic acids is 1. The first kappa shape index (κ1) is 22.4. The highest BCUT2D eigenvalue weighted by Gasteiger charge is 2.51. The van der Waals surface area contributed by atoms with E-state index in [2.05, 4.69) is 0 Å². The maximum atomic E-state index is 14.8. The molecule has 0 radical (unpaired) electrons. The molecule has 0 spiro atoms. The molecule has 2 aromatic carbocycles. The van der Waals surface area contributed by atoms with Crippen LogP contribution in [-0.2, 0) is 11.8 Å². The monoisotopic (exact) mass is 474 g/mol. The number of aliphatic hydroxyl groups is 1. The minimum absolute atomic E-state index is 0.000331. The Hall–Kier alpha value is -2.44. The third-order valence-electron chi connectivity index (χ3n) is 7.55. The van der Waals surface area contributed by atoms with Crippen LogP contribution in [0.1, 0.15) is 47.2 Å². The second-order valence-electron chi connectivity index (χ2n) is 9.37. The summed E-state index contributed by atoms with van der Waals surface area (Å²) in [5.41, 5.74) is 0.174. The van der Waals surface area contributed by atoms with Gasteiger partial charge in [0.05, 0.1) is 11.7 Å². The standard InChI is InChI=1S/C26H25ClF2O4/c27-19-13-21-16(7-5-14-6-8-17(25(31)32)23(29)24(14)33-21)15(19)9-10-22(30)26(11-12-26)18-3-1-2-4-20(18)28/h1-4,6,8-10,15-16,19,21-22,30H,5,7,11-13H2,(H,31,32)/b10-9+/t15-,16-,19-,21+,22?/m1/s1. The molecule has 1 aliphatic heterocycles. The molecule has 2 N–H and O–H groups in total. The smallest absolute Gasteiger partial charge is 0.338 e. The van der Waals surface area contributed by atoms with Crippen molar-refractivity contribution in [2.75, 3.05) is 0 Å². The van der Waals surface area contributed by atoms with Gasteiger partial charge in [-0.15, -0.1) is 11.6 Å². The van der Waals surface area contributed by atoms with Gasteiger partial charge in [-0.3, -0.25) is 0 Å². The van der Waals surface area contributed by atoms with Crippen LogP contribution in [0.4, 0.5) is 8.78 Å². The van der Waals surface area contributed by atoms with E-state index in [-0.39, 0.29) is 34.9 Å². The van der Waals surface area contributed by atoms with Crippen LogP contribution in [0.3, 0.4) is 0 Å². The number of fused-ring (bicyclic) bond motifs is 2. The Kier molecular flexibility index (Phi) is 5.69. The van der Waals surface area contributed by atoms with E-state index in [4.69, 9.17) is 16.3 Å². The second kappa shape index (κ2) is 8.41. The summed E-state index contributed by atoms with van der Waals surface area (Å²) in [6, 6.07) is 9.45. The van der Waals surface area contributed by atoms with Crippen molar-refractivity contribution in [3.63, 3.8) is 0 Å². The first-order chi connectivity index (χ1) is 15.8. The molecule has 5 rings (SSSR count). The second-order valence-corrected chi connectivity index (χ2v) is 9.93. The Morgan fingerprint density at radius 2 is 1.97 bits per heavy atom. The lowest BCUT2D eigenvalue weighted by molar-refractivity contribution is 0.0689. The lowest BCUT2D eigenvalue weighted by Crippen LogP contribution is -2.27. The third kappa shape index (κ3) is 3.83. The molecule has 0 saturated heterocycles. The molecule has 3 aliphatic rings. The van der Waals surface area contributed by atoms with Crippen molar-refractivity contribution in [3.05, 3.63) is 76.9 Å². The van der Waals surface area contributed by atoms with Crippen molar-refractivity contribution >= 4 is 17.6 Å². The van der Waals surface area contributed by atoms with Gasteiger partial charge in [-0.1, -0.05) is 36.4 Å².